The number of thiophene rings is 1. The van der Waals surface area contributed by atoms with Crippen LogP contribution in [0.15, 0.2) is 47.5 Å². The van der Waals surface area contributed by atoms with E-state index in [0.717, 1.165) is 17.9 Å². The van der Waals surface area contributed by atoms with Gasteiger partial charge in [0, 0.05) is 28.9 Å². The second-order valence-electron chi connectivity index (χ2n) is 5.03. The van der Waals surface area contributed by atoms with Crippen molar-refractivity contribution in [2.24, 2.45) is 0 Å². The largest absolute Gasteiger partial charge is 0.385 e. The van der Waals surface area contributed by atoms with Gasteiger partial charge in [0.2, 0.25) is 0 Å². The fraction of sp³-hybridized carbons (Fsp3) is 0.188. The smallest absolute Gasteiger partial charge is 0.0997 e. The molecule has 0 radical (unpaired) electrons. The van der Waals surface area contributed by atoms with Crippen molar-refractivity contribution in [3.8, 4) is 16.9 Å². The number of hydrogen-bond donors (Lipinski definition) is 1. The van der Waals surface area contributed by atoms with E-state index < -0.39 is 0 Å². The van der Waals surface area contributed by atoms with Crippen LogP contribution in [-0.2, 0) is 6.42 Å². The fourth-order valence-electron chi connectivity index (χ4n) is 2.72. The van der Waals surface area contributed by atoms with Crippen molar-refractivity contribution >= 4 is 17.0 Å². The van der Waals surface area contributed by atoms with Gasteiger partial charge >= 0.3 is 0 Å². The van der Waals surface area contributed by atoms with Crippen molar-refractivity contribution in [3.63, 3.8) is 0 Å². The molecule has 4 heteroatoms. The first-order chi connectivity index (χ1) is 9.92. The van der Waals surface area contributed by atoms with Crippen molar-refractivity contribution in [3.05, 3.63) is 53.1 Å². The molecule has 0 amide bonds. The van der Waals surface area contributed by atoms with E-state index in [1.54, 1.807) is 11.3 Å². The lowest BCUT2D eigenvalue weighted by atomic mass is 10.0. The second kappa shape index (κ2) is 4.80. The third kappa shape index (κ3) is 1.93. The number of aromatic nitrogens is 2. The summed E-state index contributed by atoms with van der Waals surface area (Å²) in [7, 11) is 0. The Morgan fingerprint density at radius 3 is 3.15 bits per heavy atom. The Hall–Kier alpha value is -2.07. The van der Waals surface area contributed by atoms with Gasteiger partial charge in [0.1, 0.15) is 0 Å². The van der Waals surface area contributed by atoms with E-state index in [1.165, 1.54) is 29.7 Å². The standard InChI is InChI=1S/C16H15N3S/c1-2-12-3-4-14(8-15(12)18-6-1)19-11-17-9-16(19)13-5-7-20-10-13/h3-5,7-11,18H,1-2,6H2. The highest BCUT2D eigenvalue weighted by Gasteiger charge is 2.12. The number of benzene rings is 1. The van der Waals surface area contributed by atoms with Gasteiger partial charge in [-0.15, -0.1) is 0 Å². The second-order valence-corrected chi connectivity index (χ2v) is 5.81. The van der Waals surface area contributed by atoms with Gasteiger partial charge in [-0.25, -0.2) is 4.98 Å². The molecule has 100 valence electrons. The van der Waals surface area contributed by atoms with Crippen LogP contribution in [0.4, 0.5) is 5.69 Å². The molecular weight excluding hydrogens is 266 g/mol. The van der Waals surface area contributed by atoms with Gasteiger partial charge in [0.05, 0.1) is 18.2 Å². The fourth-order valence-corrected chi connectivity index (χ4v) is 3.37. The van der Waals surface area contributed by atoms with E-state index in [0.29, 0.717) is 0 Å². The molecule has 0 saturated carbocycles. The summed E-state index contributed by atoms with van der Waals surface area (Å²) in [5.74, 6) is 0. The molecule has 1 aromatic carbocycles. The highest BCUT2D eigenvalue weighted by atomic mass is 32.1. The third-order valence-electron chi connectivity index (χ3n) is 3.77. The lowest BCUT2D eigenvalue weighted by Gasteiger charge is -2.19. The molecule has 1 aliphatic heterocycles. The van der Waals surface area contributed by atoms with Gasteiger partial charge in [-0.2, -0.15) is 11.3 Å². The normalized spacial score (nSPS) is 13.8. The van der Waals surface area contributed by atoms with Crippen LogP contribution in [0.2, 0.25) is 0 Å². The molecule has 3 nitrogen and oxygen atoms in total. The minimum atomic E-state index is 1.07. The Labute approximate surface area is 121 Å². The molecule has 4 rings (SSSR count). The predicted octanol–water partition coefficient (Wildman–Crippen LogP) is 3.96. The van der Waals surface area contributed by atoms with Crippen molar-refractivity contribution in [1.82, 2.24) is 9.55 Å². The summed E-state index contributed by atoms with van der Waals surface area (Å²) in [6, 6.07) is 8.78. The molecule has 3 aromatic rings. The van der Waals surface area contributed by atoms with Crippen molar-refractivity contribution < 1.29 is 0 Å². The van der Waals surface area contributed by atoms with Crippen LogP contribution in [0.5, 0.6) is 0 Å². The summed E-state index contributed by atoms with van der Waals surface area (Å²) < 4.78 is 2.15. The Balaban J connectivity index is 1.80. The third-order valence-corrected chi connectivity index (χ3v) is 4.45. The monoisotopic (exact) mass is 281 g/mol. The topological polar surface area (TPSA) is 29.9 Å². The highest BCUT2D eigenvalue weighted by Crippen LogP contribution is 2.28. The summed E-state index contributed by atoms with van der Waals surface area (Å²) in [6.45, 7) is 1.07. The van der Waals surface area contributed by atoms with Crippen LogP contribution in [-0.4, -0.2) is 16.1 Å². The van der Waals surface area contributed by atoms with Gasteiger partial charge < -0.3 is 5.32 Å². The first-order valence-electron chi connectivity index (χ1n) is 6.84. The maximum absolute atomic E-state index is 4.31. The molecule has 0 saturated heterocycles. The van der Waals surface area contributed by atoms with Crippen LogP contribution in [0.3, 0.4) is 0 Å². The number of nitrogens with zero attached hydrogens (tertiary/aromatic N) is 2. The van der Waals surface area contributed by atoms with Gasteiger partial charge in [-0.1, -0.05) is 6.07 Å². The maximum Gasteiger partial charge on any atom is 0.0997 e. The number of aryl methyl sites for hydroxylation is 1. The molecular formula is C16H15N3S. The van der Waals surface area contributed by atoms with Crippen LogP contribution in [0.1, 0.15) is 12.0 Å². The van der Waals surface area contributed by atoms with E-state index >= 15 is 0 Å². The molecule has 3 heterocycles. The molecule has 0 fully saturated rings. The van der Waals surface area contributed by atoms with E-state index in [1.807, 2.05) is 12.5 Å². The average molecular weight is 281 g/mol. The first-order valence-corrected chi connectivity index (χ1v) is 7.78. The number of fused-ring (bicyclic) bond motifs is 1. The Bertz CT molecular complexity index is 728. The molecule has 0 spiro atoms. The van der Waals surface area contributed by atoms with Crippen molar-refractivity contribution in [1.29, 1.82) is 0 Å². The van der Waals surface area contributed by atoms with Crippen molar-refractivity contribution in [2.45, 2.75) is 12.8 Å². The zero-order chi connectivity index (χ0) is 13.4. The van der Waals surface area contributed by atoms with Gasteiger partial charge in [0.15, 0.2) is 0 Å². The Kier molecular flexibility index (Phi) is 2.81. The van der Waals surface area contributed by atoms with Gasteiger partial charge in [-0.3, -0.25) is 4.57 Å². The lowest BCUT2D eigenvalue weighted by molar-refractivity contribution is 0.829. The maximum atomic E-state index is 4.31. The summed E-state index contributed by atoms with van der Waals surface area (Å²) in [6.07, 6.45) is 6.20. The number of imidazole rings is 1. The number of anilines is 1. The molecule has 2 aromatic heterocycles. The van der Waals surface area contributed by atoms with E-state index in [2.05, 4.69) is 49.9 Å². The van der Waals surface area contributed by atoms with Crippen molar-refractivity contribution in [2.75, 3.05) is 11.9 Å². The minimum absolute atomic E-state index is 1.07. The number of nitrogens with one attached hydrogen (secondary N) is 1. The molecule has 1 aliphatic rings. The summed E-state index contributed by atoms with van der Waals surface area (Å²) in [4.78, 5) is 4.31. The van der Waals surface area contributed by atoms with E-state index in [4.69, 9.17) is 0 Å². The predicted molar refractivity (Wildman–Crippen MR) is 83.7 cm³/mol. The SMILES string of the molecule is c1cc(-c2cncn2-c2ccc3c(c2)NCCC3)cs1. The zero-order valence-corrected chi connectivity index (χ0v) is 11.9. The Morgan fingerprint density at radius 2 is 2.25 bits per heavy atom. The van der Waals surface area contributed by atoms with Crippen LogP contribution in [0.25, 0.3) is 16.9 Å². The average Bonchev–Trinajstić information content (AvgIpc) is 3.17. The van der Waals surface area contributed by atoms with Crippen LogP contribution in [0, 0.1) is 0 Å². The zero-order valence-electron chi connectivity index (χ0n) is 11.0. The van der Waals surface area contributed by atoms with Gasteiger partial charge in [-0.05, 0) is 42.0 Å². The molecule has 1 N–H and O–H groups in total. The van der Waals surface area contributed by atoms with Crippen LogP contribution < -0.4 is 5.32 Å². The number of hydrogen-bond acceptors (Lipinski definition) is 3. The molecule has 0 aliphatic carbocycles. The number of rotatable bonds is 2. The summed E-state index contributed by atoms with van der Waals surface area (Å²) in [5.41, 5.74) is 6.20. The van der Waals surface area contributed by atoms with E-state index in [9.17, 15) is 0 Å². The molecule has 0 atom stereocenters. The highest BCUT2D eigenvalue weighted by molar-refractivity contribution is 7.08. The summed E-state index contributed by atoms with van der Waals surface area (Å²) in [5, 5.41) is 7.74. The minimum Gasteiger partial charge on any atom is -0.385 e. The molecule has 20 heavy (non-hydrogen) atoms. The van der Waals surface area contributed by atoms with E-state index in [-0.39, 0.29) is 0 Å². The lowest BCUT2D eigenvalue weighted by Crippen LogP contribution is -2.12. The molecule has 0 bridgehead atoms. The van der Waals surface area contributed by atoms with Crippen LogP contribution >= 0.6 is 11.3 Å². The Morgan fingerprint density at radius 1 is 1.25 bits per heavy atom. The molecule has 0 unspecified atom stereocenters. The summed E-state index contributed by atoms with van der Waals surface area (Å²) >= 11 is 1.71. The first kappa shape index (κ1) is 11.7. The van der Waals surface area contributed by atoms with Gasteiger partial charge in [0.25, 0.3) is 0 Å². The quantitative estimate of drug-likeness (QED) is 0.770.